The molecule has 2 aliphatic rings. The van der Waals surface area contributed by atoms with Gasteiger partial charge >= 0.3 is 6.03 Å². The molecule has 1 atom stereocenters. The second-order valence-corrected chi connectivity index (χ2v) is 10.3. The Hall–Kier alpha value is -2.67. The summed E-state index contributed by atoms with van der Waals surface area (Å²) in [4.78, 5) is 21.6. The van der Waals surface area contributed by atoms with E-state index in [9.17, 15) is 14.3 Å². The zero-order chi connectivity index (χ0) is 23.8. The minimum absolute atomic E-state index is 0.171. The number of carbonyl (C=O) groups is 1. The fourth-order valence-corrected chi connectivity index (χ4v) is 4.99. The van der Waals surface area contributed by atoms with E-state index in [1.54, 1.807) is 18.0 Å². The molecule has 1 aromatic heterocycles. The van der Waals surface area contributed by atoms with Gasteiger partial charge in [0.2, 0.25) is 0 Å². The van der Waals surface area contributed by atoms with Crippen molar-refractivity contribution in [3.8, 4) is 11.1 Å². The lowest BCUT2D eigenvalue weighted by atomic mass is 9.83. The minimum atomic E-state index is -1.28. The third kappa shape index (κ3) is 5.13. The molecule has 3 heterocycles. The zero-order valence-electron chi connectivity index (χ0n) is 20.1. The number of nitrogens with zero attached hydrogens (tertiary/aromatic N) is 3. The number of nitrogens with one attached hydrogen (secondary N) is 1. The van der Waals surface area contributed by atoms with Gasteiger partial charge in [0.05, 0.1) is 17.8 Å². The molecule has 7 heteroatoms. The summed E-state index contributed by atoms with van der Waals surface area (Å²) >= 11 is 0. The number of pyridine rings is 1. The van der Waals surface area contributed by atoms with Crippen molar-refractivity contribution in [2.75, 3.05) is 36.4 Å². The molecule has 0 saturated carbocycles. The van der Waals surface area contributed by atoms with Crippen molar-refractivity contribution in [2.24, 2.45) is 5.92 Å². The Morgan fingerprint density at radius 3 is 2.48 bits per heavy atom. The van der Waals surface area contributed by atoms with Gasteiger partial charge in [0.1, 0.15) is 5.67 Å². The molecule has 0 bridgehead atoms. The highest BCUT2D eigenvalue weighted by Gasteiger charge is 2.36. The van der Waals surface area contributed by atoms with Gasteiger partial charge in [-0.3, -0.25) is 0 Å². The first kappa shape index (κ1) is 23.5. The minimum Gasteiger partial charge on any atom is -0.390 e. The molecule has 0 radical (unpaired) electrons. The normalized spacial score (nSPS) is 22.0. The summed E-state index contributed by atoms with van der Waals surface area (Å²) in [5.41, 5.74) is 1.59. The Labute approximate surface area is 195 Å². The van der Waals surface area contributed by atoms with E-state index in [1.165, 1.54) is 0 Å². The molecule has 2 aromatic rings. The number of benzene rings is 1. The topological polar surface area (TPSA) is 68.7 Å². The van der Waals surface area contributed by atoms with Crippen LogP contribution in [0.25, 0.3) is 11.1 Å². The monoisotopic (exact) mass is 454 g/mol. The maximum absolute atomic E-state index is 14.7. The van der Waals surface area contributed by atoms with E-state index < -0.39 is 11.3 Å². The van der Waals surface area contributed by atoms with Crippen LogP contribution in [0.5, 0.6) is 0 Å². The van der Waals surface area contributed by atoms with Crippen molar-refractivity contribution in [1.82, 2.24) is 9.88 Å². The second-order valence-electron chi connectivity index (χ2n) is 10.3. The van der Waals surface area contributed by atoms with Crippen LogP contribution >= 0.6 is 0 Å². The average Bonchev–Trinajstić information content (AvgIpc) is 3.13. The summed E-state index contributed by atoms with van der Waals surface area (Å²) in [6.07, 6.45) is 3.68. The molecule has 0 aliphatic carbocycles. The molecular formula is C26H35FN4O2. The van der Waals surface area contributed by atoms with E-state index in [0.717, 1.165) is 29.5 Å². The predicted octanol–water partition coefficient (Wildman–Crippen LogP) is 5.01. The molecule has 6 nitrogen and oxygen atoms in total. The Balaban J connectivity index is 1.64. The number of anilines is 2. The van der Waals surface area contributed by atoms with Crippen LogP contribution in [0.1, 0.15) is 45.6 Å². The Kier molecular flexibility index (Phi) is 6.36. The van der Waals surface area contributed by atoms with Crippen molar-refractivity contribution in [3.63, 3.8) is 0 Å². The SMILES string of the molecule is Cc1ccccc1-c1ccnc(N2CCC(C)(F)C2)c1NC(=O)N1CCC(C(C)(C)O)CC1. The number of likely N-dealkylation sites (tertiary alicyclic amines) is 1. The van der Waals surface area contributed by atoms with Crippen LogP contribution < -0.4 is 10.2 Å². The molecule has 0 spiro atoms. The van der Waals surface area contributed by atoms with Gasteiger partial charge in [0.15, 0.2) is 5.82 Å². The van der Waals surface area contributed by atoms with Crippen LogP contribution in [-0.4, -0.2) is 58.5 Å². The third-order valence-corrected chi connectivity index (χ3v) is 7.10. The number of hydrogen-bond acceptors (Lipinski definition) is 4. The number of aryl methyl sites for hydroxylation is 1. The van der Waals surface area contributed by atoms with Gasteiger partial charge in [-0.1, -0.05) is 24.3 Å². The number of aliphatic hydroxyl groups is 1. The standard InChI is InChI=1S/C26H35FN4O2/c1-18-7-5-6-8-20(18)21-9-13-28-23(31-16-12-26(4,27)17-31)22(21)29-24(32)30-14-10-19(11-15-30)25(2,3)33/h5-9,13,19,33H,10-12,14-17H2,1-4H3,(H,29,32). The maximum atomic E-state index is 14.7. The maximum Gasteiger partial charge on any atom is 0.321 e. The highest BCUT2D eigenvalue weighted by Crippen LogP contribution is 2.39. The number of piperidine rings is 1. The van der Waals surface area contributed by atoms with Crippen molar-refractivity contribution in [1.29, 1.82) is 0 Å². The third-order valence-electron chi connectivity index (χ3n) is 7.10. The van der Waals surface area contributed by atoms with Crippen molar-refractivity contribution in [2.45, 2.75) is 58.2 Å². The highest BCUT2D eigenvalue weighted by atomic mass is 19.1. The van der Waals surface area contributed by atoms with E-state index in [4.69, 9.17) is 0 Å². The van der Waals surface area contributed by atoms with Crippen molar-refractivity contribution in [3.05, 3.63) is 42.1 Å². The molecule has 1 aromatic carbocycles. The molecule has 2 fully saturated rings. The summed E-state index contributed by atoms with van der Waals surface area (Å²) in [6, 6.07) is 9.76. The second kappa shape index (κ2) is 8.93. The molecule has 33 heavy (non-hydrogen) atoms. The summed E-state index contributed by atoms with van der Waals surface area (Å²) in [7, 11) is 0. The first-order valence-electron chi connectivity index (χ1n) is 11.8. The van der Waals surface area contributed by atoms with Crippen LogP contribution in [0.4, 0.5) is 20.7 Å². The number of aromatic nitrogens is 1. The number of rotatable bonds is 4. The van der Waals surface area contributed by atoms with Crippen LogP contribution in [0.3, 0.4) is 0 Å². The lowest BCUT2D eigenvalue weighted by molar-refractivity contribution is -0.00704. The van der Waals surface area contributed by atoms with Gasteiger partial charge in [-0.25, -0.2) is 14.2 Å². The van der Waals surface area contributed by atoms with Crippen LogP contribution in [0, 0.1) is 12.8 Å². The van der Waals surface area contributed by atoms with Crippen LogP contribution in [0.2, 0.25) is 0 Å². The van der Waals surface area contributed by atoms with E-state index in [0.29, 0.717) is 37.6 Å². The number of amides is 2. The number of hydrogen-bond donors (Lipinski definition) is 2. The zero-order valence-corrected chi connectivity index (χ0v) is 20.1. The molecule has 2 saturated heterocycles. The lowest BCUT2D eigenvalue weighted by Gasteiger charge is -2.38. The quantitative estimate of drug-likeness (QED) is 0.681. The van der Waals surface area contributed by atoms with Gasteiger partial charge in [-0.05, 0) is 63.6 Å². The van der Waals surface area contributed by atoms with Crippen molar-refractivity contribution >= 4 is 17.5 Å². The molecule has 2 aliphatic heterocycles. The molecular weight excluding hydrogens is 419 g/mol. The Morgan fingerprint density at radius 1 is 1.18 bits per heavy atom. The van der Waals surface area contributed by atoms with Crippen molar-refractivity contribution < 1.29 is 14.3 Å². The number of halogens is 1. The highest BCUT2D eigenvalue weighted by molar-refractivity contribution is 5.99. The first-order valence-corrected chi connectivity index (χ1v) is 11.8. The van der Waals surface area contributed by atoms with E-state index >= 15 is 0 Å². The van der Waals surface area contributed by atoms with Crippen LogP contribution in [0.15, 0.2) is 36.5 Å². The Bertz CT molecular complexity index is 1010. The van der Waals surface area contributed by atoms with E-state index in [-0.39, 0.29) is 18.5 Å². The van der Waals surface area contributed by atoms with E-state index in [1.807, 2.05) is 56.0 Å². The lowest BCUT2D eigenvalue weighted by Crippen LogP contribution is -2.45. The fourth-order valence-electron chi connectivity index (χ4n) is 4.99. The molecule has 2 amide bonds. The van der Waals surface area contributed by atoms with Gasteiger partial charge < -0.3 is 20.2 Å². The smallest absolute Gasteiger partial charge is 0.321 e. The molecule has 2 N–H and O–H groups in total. The molecule has 1 unspecified atom stereocenters. The summed E-state index contributed by atoms with van der Waals surface area (Å²) in [6.45, 7) is 9.29. The summed E-state index contributed by atoms with van der Waals surface area (Å²) in [5.74, 6) is 0.779. The largest absolute Gasteiger partial charge is 0.390 e. The number of urea groups is 1. The van der Waals surface area contributed by atoms with Crippen LogP contribution in [-0.2, 0) is 0 Å². The van der Waals surface area contributed by atoms with Gasteiger partial charge in [0, 0.05) is 37.8 Å². The predicted molar refractivity (Wildman–Crippen MR) is 130 cm³/mol. The first-order chi connectivity index (χ1) is 15.5. The van der Waals surface area contributed by atoms with E-state index in [2.05, 4.69) is 10.3 Å². The average molecular weight is 455 g/mol. The summed E-state index contributed by atoms with van der Waals surface area (Å²) in [5, 5.41) is 13.5. The summed E-state index contributed by atoms with van der Waals surface area (Å²) < 4.78 is 14.7. The van der Waals surface area contributed by atoms with Gasteiger partial charge in [-0.15, -0.1) is 0 Å². The number of alkyl halides is 1. The van der Waals surface area contributed by atoms with Gasteiger partial charge in [0.25, 0.3) is 0 Å². The fraction of sp³-hybridized carbons (Fsp3) is 0.538. The molecule has 4 rings (SSSR count). The van der Waals surface area contributed by atoms with Gasteiger partial charge in [-0.2, -0.15) is 0 Å². The number of carbonyl (C=O) groups excluding carboxylic acids is 1. The molecule has 178 valence electrons. The Morgan fingerprint density at radius 2 is 1.88 bits per heavy atom.